The monoisotopic (exact) mass is 279 g/mol. The van der Waals surface area contributed by atoms with Crippen molar-refractivity contribution in [3.05, 3.63) is 23.9 Å². The van der Waals surface area contributed by atoms with Gasteiger partial charge in [0.2, 0.25) is 0 Å². The third kappa shape index (κ3) is 4.14. The van der Waals surface area contributed by atoms with Gasteiger partial charge in [-0.2, -0.15) is 0 Å². The van der Waals surface area contributed by atoms with Gasteiger partial charge in [-0.05, 0) is 37.1 Å². The fourth-order valence-electron chi connectivity index (χ4n) is 2.67. The first-order valence-corrected chi connectivity index (χ1v) is 7.23. The van der Waals surface area contributed by atoms with E-state index in [1.165, 1.54) is 0 Å². The van der Waals surface area contributed by atoms with Crippen LogP contribution in [0.5, 0.6) is 0 Å². The second-order valence-electron chi connectivity index (χ2n) is 5.28. The van der Waals surface area contributed by atoms with Gasteiger partial charge in [0.05, 0.1) is 18.8 Å². The van der Waals surface area contributed by atoms with Gasteiger partial charge in [0, 0.05) is 19.3 Å². The number of nitrogen functional groups attached to an aromatic ring is 1. The molecule has 2 rings (SSSR count). The molecule has 112 valence electrons. The number of nitrogens with two attached hydrogens (primary N) is 2. The average molecular weight is 279 g/mol. The first-order chi connectivity index (χ1) is 9.72. The van der Waals surface area contributed by atoms with Crippen LogP contribution in [-0.4, -0.2) is 48.3 Å². The minimum atomic E-state index is 0.0801. The van der Waals surface area contributed by atoms with Crippen LogP contribution in [0.2, 0.25) is 0 Å². The minimum Gasteiger partial charge on any atom is -0.384 e. The van der Waals surface area contributed by atoms with E-state index >= 15 is 0 Å². The van der Waals surface area contributed by atoms with Crippen LogP contribution >= 0.6 is 0 Å². The van der Waals surface area contributed by atoms with Crippen molar-refractivity contribution in [1.82, 2.24) is 15.3 Å². The molecule has 5 N–H and O–H groups in total. The molecule has 2 unspecified atom stereocenters. The molecule has 0 bridgehead atoms. The summed E-state index contributed by atoms with van der Waals surface area (Å²) in [5.41, 5.74) is 9.72. The molecular weight excluding hydrogens is 254 g/mol. The Bertz CT molecular complexity index is 412. The van der Waals surface area contributed by atoms with Crippen molar-refractivity contribution in [2.75, 3.05) is 32.0 Å². The second kappa shape index (κ2) is 7.54. The van der Waals surface area contributed by atoms with Crippen LogP contribution in [0, 0.1) is 0 Å². The second-order valence-corrected chi connectivity index (χ2v) is 5.28. The van der Waals surface area contributed by atoms with Gasteiger partial charge in [-0.15, -0.1) is 0 Å². The summed E-state index contributed by atoms with van der Waals surface area (Å²) in [6, 6.07) is 3.93. The number of hydrazine groups is 1. The molecule has 6 nitrogen and oxygen atoms in total. The molecule has 0 aliphatic carbocycles. The molecule has 0 radical (unpaired) electrons. The van der Waals surface area contributed by atoms with Gasteiger partial charge in [0.25, 0.3) is 0 Å². The van der Waals surface area contributed by atoms with Crippen molar-refractivity contribution in [1.29, 1.82) is 0 Å². The van der Waals surface area contributed by atoms with Gasteiger partial charge in [0.15, 0.2) is 0 Å². The zero-order valence-corrected chi connectivity index (χ0v) is 12.1. The molecule has 2 heterocycles. The van der Waals surface area contributed by atoms with Crippen LogP contribution in [0.4, 0.5) is 5.82 Å². The molecule has 0 spiro atoms. The Hall–Kier alpha value is -1.21. The van der Waals surface area contributed by atoms with Gasteiger partial charge < -0.3 is 10.5 Å². The lowest BCUT2D eigenvalue weighted by molar-refractivity contribution is -0.0462. The molecule has 1 aliphatic rings. The lowest BCUT2D eigenvalue weighted by atomic mass is 10.0. The van der Waals surface area contributed by atoms with Crippen LogP contribution in [-0.2, 0) is 11.2 Å². The number of nitrogens with zero attached hydrogens (tertiary/aromatic N) is 2. The van der Waals surface area contributed by atoms with Crippen molar-refractivity contribution < 1.29 is 4.74 Å². The third-order valence-corrected chi connectivity index (χ3v) is 3.68. The number of aromatic nitrogens is 1. The number of morpholine rings is 1. The van der Waals surface area contributed by atoms with Crippen molar-refractivity contribution in [2.24, 2.45) is 5.84 Å². The normalized spacial score (nSPS) is 21.8. The summed E-state index contributed by atoms with van der Waals surface area (Å²) in [5.74, 6) is 6.25. The predicted molar refractivity (Wildman–Crippen MR) is 79.9 cm³/mol. The highest BCUT2D eigenvalue weighted by Gasteiger charge is 2.27. The van der Waals surface area contributed by atoms with E-state index in [2.05, 4.69) is 22.2 Å². The summed E-state index contributed by atoms with van der Waals surface area (Å²) < 4.78 is 5.88. The molecule has 20 heavy (non-hydrogen) atoms. The van der Waals surface area contributed by atoms with Gasteiger partial charge in [-0.3, -0.25) is 16.2 Å². The molecule has 6 heteroatoms. The zero-order valence-electron chi connectivity index (χ0n) is 12.1. The smallest absolute Gasteiger partial charge is 0.123 e. The SMILES string of the molecule is CCCN1CCOC(C(Cc2ccnc(N)c2)NN)C1. The lowest BCUT2D eigenvalue weighted by Crippen LogP contribution is -2.54. The first kappa shape index (κ1) is 15.2. The van der Waals surface area contributed by atoms with Gasteiger partial charge >= 0.3 is 0 Å². The van der Waals surface area contributed by atoms with Gasteiger partial charge in [-0.25, -0.2) is 4.98 Å². The highest BCUT2D eigenvalue weighted by molar-refractivity contribution is 5.32. The summed E-state index contributed by atoms with van der Waals surface area (Å²) in [6.45, 7) is 6.00. The van der Waals surface area contributed by atoms with E-state index in [0.717, 1.165) is 44.6 Å². The van der Waals surface area contributed by atoms with Crippen LogP contribution < -0.4 is 17.0 Å². The number of ether oxygens (including phenoxy) is 1. The Kier molecular flexibility index (Phi) is 5.72. The third-order valence-electron chi connectivity index (χ3n) is 3.68. The van der Waals surface area contributed by atoms with Crippen LogP contribution in [0.25, 0.3) is 0 Å². The standard InChI is InChI=1S/C14H25N5O/c1-2-5-19-6-7-20-13(10-19)12(18-16)8-11-3-4-17-14(15)9-11/h3-4,9,12-13,18H,2,5-8,10,16H2,1H3,(H2,15,17). The van der Waals surface area contributed by atoms with Crippen molar-refractivity contribution in [3.8, 4) is 0 Å². The lowest BCUT2D eigenvalue weighted by Gasteiger charge is -2.36. The molecule has 2 atom stereocenters. The Morgan fingerprint density at radius 3 is 3.15 bits per heavy atom. The van der Waals surface area contributed by atoms with Crippen LogP contribution in [0.3, 0.4) is 0 Å². The van der Waals surface area contributed by atoms with E-state index in [-0.39, 0.29) is 12.1 Å². The first-order valence-electron chi connectivity index (χ1n) is 7.23. The maximum absolute atomic E-state index is 5.88. The summed E-state index contributed by atoms with van der Waals surface area (Å²) in [7, 11) is 0. The van der Waals surface area contributed by atoms with E-state index in [1.807, 2.05) is 12.1 Å². The zero-order chi connectivity index (χ0) is 14.4. The maximum Gasteiger partial charge on any atom is 0.123 e. The van der Waals surface area contributed by atoms with Crippen molar-refractivity contribution >= 4 is 5.82 Å². The average Bonchev–Trinajstić information content (AvgIpc) is 2.45. The molecule has 1 aromatic rings. The van der Waals surface area contributed by atoms with Crippen LogP contribution in [0.15, 0.2) is 18.3 Å². The Morgan fingerprint density at radius 1 is 1.60 bits per heavy atom. The molecule has 0 saturated carbocycles. The highest BCUT2D eigenvalue weighted by atomic mass is 16.5. The summed E-state index contributed by atoms with van der Waals surface area (Å²) >= 11 is 0. The van der Waals surface area contributed by atoms with Crippen LogP contribution in [0.1, 0.15) is 18.9 Å². The number of anilines is 1. The topological polar surface area (TPSA) is 89.4 Å². The number of rotatable bonds is 6. The van der Waals surface area contributed by atoms with Gasteiger partial charge in [0.1, 0.15) is 5.82 Å². The number of nitrogens with one attached hydrogen (secondary N) is 1. The number of hydrogen-bond acceptors (Lipinski definition) is 6. The number of hydrogen-bond donors (Lipinski definition) is 3. The Morgan fingerprint density at radius 2 is 2.45 bits per heavy atom. The van der Waals surface area contributed by atoms with E-state index < -0.39 is 0 Å². The molecular formula is C14H25N5O. The fourth-order valence-corrected chi connectivity index (χ4v) is 2.67. The van der Waals surface area contributed by atoms with Crippen molar-refractivity contribution in [3.63, 3.8) is 0 Å². The number of pyridine rings is 1. The Balaban J connectivity index is 1.97. The van der Waals surface area contributed by atoms with E-state index in [4.69, 9.17) is 16.3 Å². The summed E-state index contributed by atoms with van der Waals surface area (Å²) in [6.07, 6.45) is 3.78. The molecule has 1 fully saturated rings. The molecule has 0 aromatic carbocycles. The minimum absolute atomic E-state index is 0.0801. The predicted octanol–water partition coefficient (Wildman–Crippen LogP) is 0.149. The largest absolute Gasteiger partial charge is 0.384 e. The van der Waals surface area contributed by atoms with E-state index in [0.29, 0.717) is 5.82 Å². The quantitative estimate of drug-likeness (QED) is 0.507. The van der Waals surface area contributed by atoms with E-state index in [9.17, 15) is 0 Å². The van der Waals surface area contributed by atoms with E-state index in [1.54, 1.807) is 6.20 Å². The molecule has 1 saturated heterocycles. The summed E-state index contributed by atoms with van der Waals surface area (Å²) in [5, 5.41) is 0. The highest BCUT2D eigenvalue weighted by Crippen LogP contribution is 2.14. The molecule has 1 aromatic heterocycles. The molecule has 1 aliphatic heterocycles. The maximum atomic E-state index is 5.88. The van der Waals surface area contributed by atoms with Crippen molar-refractivity contribution in [2.45, 2.75) is 31.9 Å². The fraction of sp³-hybridized carbons (Fsp3) is 0.643. The Labute approximate surface area is 120 Å². The van der Waals surface area contributed by atoms with Gasteiger partial charge in [-0.1, -0.05) is 6.92 Å². The molecule has 0 amide bonds. The summed E-state index contributed by atoms with van der Waals surface area (Å²) in [4.78, 5) is 6.44.